The van der Waals surface area contributed by atoms with Gasteiger partial charge in [-0.1, -0.05) is 31.1 Å². The van der Waals surface area contributed by atoms with Gasteiger partial charge in [0.2, 0.25) is 21.8 Å². The maximum atomic E-state index is 14.8. The van der Waals surface area contributed by atoms with E-state index >= 15 is 0 Å². The molecule has 0 unspecified atom stereocenters. The van der Waals surface area contributed by atoms with Crippen LogP contribution in [0.15, 0.2) is 58.3 Å². The predicted octanol–water partition coefficient (Wildman–Crippen LogP) is 6.11. The second-order valence-electron chi connectivity index (χ2n) is 16.6. The number of amides is 4. The summed E-state index contributed by atoms with van der Waals surface area (Å²) in [5.74, 6) is -1.34. The van der Waals surface area contributed by atoms with E-state index in [4.69, 9.17) is 23.6 Å². The van der Waals surface area contributed by atoms with Crippen LogP contribution >= 0.6 is 11.3 Å². The van der Waals surface area contributed by atoms with Crippen molar-refractivity contribution in [1.82, 2.24) is 25.2 Å². The molecule has 5 aliphatic rings. The third-order valence-electron chi connectivity index (χ3n) is 12.4. The van der Waals surface area contributed by atoms with Crippen molar-refractivity contribution in [2.45, 2.75) is 119 Å². The normalized spacial score (nSPS) is 26.4. The number of furan rings is 1. The standard InChI is InChI=1S/C43H49N5O10S2/c1-55-27-15-18-34-30(20-27)37-38(58-34)35(22-32(44-37)36-14-9-19-59-36)56-28-21-33-39(49)46-43(41(51)47-60(53,54)29-16-17-29)23-25(43)10-5-3-2-4-6-13-31(40(50)48(33)24-28)45-42(52)57-26-11-7-8-12-26/h5,9-10,14-15,18-20,22,25-26,28-29,31,33H,2-4,6-8,11-13,16-17,21,23-24H2,1H3,(H,45,52)(H,46,49)(H,47,51)/t25-,28-,31+,33+,43-/m1/s1. The highest BCUT2D eigenvalue weighted by Gasteiger charge is 2.62. The van der Waals surface area contributed by atoms with E-state index in [2.05, 4.69) is 15.4 Å². The molecule has 1 saturated heterocycles. The van der Waals surface area contributed by atoms with Gasteiger partial charge in [-0.05, 0) is 93.9 Å². The molecule has 4 fully saturated rings. The smallest absolute Gasteiger partial charge is 0.408 e. The number of sulfonamides is 1. The van der Waals surface area contributed by atoms with E-state index in [0.29, 0.717) is 66.0 Å². The second kappa shape index (κ2) is 16.4. The first-order chi connectivity index (χ1) is 29.0. The molecule has 3 aromatic heterocycles. The SMILES string of the molecule is COc1ccc2oc3c(O[C@@H]4C[C@H]5C(=O)N[C@]6(C(=O)NS(=O)(=O)C7CC7)C[C@H]6C=CCCCCC[C@H](NC(=O)OC6CCCC6)C(=O)N5C4)cc(-c4cccs4)nc3c2c1. The van der Waals surface area contributed by atoms with Crippen molar-refractivity contribution < 1.29 is 46.2 Å². The van der Waals surface area contributed by atoms with Crippen LogP contribution in [0.4, 0.5) is 4.79 Å². The molecule has 60 heavy (non-hydrogen) atoms. The monoisotopic (exact) mass is 859 g/mol. The number of hydrogen-bond donors (Lipinski definition) is 3. The summed E-state index contributed by atoms with van der Waals surface area (Å²) in [6.45, 7) is -0.0302. The van der Waals surface area contributed by atoms with Gasteiger partial charge in [0.05, 0.1) is 34.9 Å². The highest BCUT2D eigenvalue weighted by Crippen LogP contribution is 2.46. The number of alkyl carbamates (subject to hydrolysis) is 1. The number of ether oxygens (including phenoxy) is 3. The minimum atomic E-state index is -3.91. The van der Waals surface area contributed by atoms with Gasteiger partial charge in [-0.15, -0.1) is 11.3 Å². The van der Waals surface area contributed by atoms with Crippen molar-refractivity contribution in [3.05, 3.63) is 53.9 Å². The molecule has 0 radical (unpaired) electrons. The van der Waals surface area contributed by atoms with Gasteiger partial charge in [0, 0.05) is 18.4 Å². The molecule has 1 aromatic carbocycles. The first-order valence-electron chi connectivity index (χ1n) is 21.0. The topological polar surface area (TPSA) is 195 Å². The second-order valence-corrected chi connectivity index (χ2v) is 19.5. The summed E-state index contributed by atoms with van der Waals surface area (Å²) in [4.78, 5) is 63.8. The van der Waals surface area contributed by atoms with Gasteiger partial charge in [0.15, 0.2) is 11.3 Å². The Morgan fingerprint density at radius 3 is 2.60 bits per heavy atom. The number of nitrogens with one attached hydrogen (secondary N) is 3. The number of fused-ring (bicyclic) bond motifs is 5. The Balaban J connectivity index is 1.05. The summed E-state index contributed by atoms with van der Waals surface area (Å²) in [5.41, 5.74) is 0.631. The van der Waals surface area contributed by atoms with E-state index in [1.54, 1.807) is 25.3 Å². The molecule has 3 saturated carbocycles. The minimum absolute atomic E-state index is 0.0294. The number of thiophene rings is 1. The molecular weight excluding hydrogens is 811 g/mol. The quantitative estimate of drug-likeness (QED) is 0.165. The first-order valence-corrected chi connectivity index (χ1v) is 23.4. The van der Waals surface area contributed by atoms with E-state index in [1.165, 1.54) is 16.2 Å². The number of rotatable bonds is 9. The minimum Gasteiger partial charge on any atom is -0.497 e. The summed E-state index contributed by atoms with van der Waals surface area (Å²) in [5, 5.41) is 7.79. The Morgan fingerprint density at radius 1 is 1.02 bits per heavy atom. The number of methoxy groups -OCH3 is 1. The van der Waals surface area contributed by atoms with Crippen LogP contribution in [0, 0.1) is 5.92 Å². The number of hydrogen-bond acceptors (Lipinski definition) is 12. The van der Waals surface area contributed by atoms with E-state index in [0.717, 1.165) is 48.8 Å². The van der Waals surface area contributed by atoms with E-state index in [1.807, 2.05) is 35.7 Å². The van der Waals surface area contributed by atoms with Crippen LogP contribution in [-0.2, 0) is 29.1 Å². The third-order valence-corrected chi connectivity index (χ3v) is 15.1. The largest absolute Gasteiger partial charge is 0.497 e. The molecule has 3 N–H and O–H groups in total. The summed E-state index contributed by atoms with van der Waals surface area (Å²) in [6, 6.07) is 8.98. The molecule has 5 heterocycles. The zero-order valence-corrected chi connectivity index (χ0v) is 35.0. The van der Waals surface area contributed by atoms with Crippen LogP contribution < -0.4 is 24.8 Å². The molecule has 17 heteroatoms. The van der Waals surface area contributed by atoms with Crippen molar-refractivity contribution in [1.29, 1.82) is 0 Å². The van der Waals surface area contributed by atoms with Gasteiger partial charge in [0.1, 0.15) is 46.7 Å². The van der Waals surface area contributed by atoms with Crippen molar-refractivity contribution in [3.8, 4) is 22.1 Å². The molecule has 2 aliphatic heterocycles. The number of allylic oxidation sites excluding steroid dienone is 1. The van der Waals surface area contributed by atoms with Crippen LogP contribution in [0.2, 0.25) is 0 Å². The molecule has 318 valence electrons. The highest BCUT2D eigenvalue weighted by atomic mass is 32.2. The Kier molecular flexibility index (Phi) is 11.0. The fourth-order valence-corrected chi connectivity index (χ4v) is 10.9. The van der Waals surface area contributed by atoms with Gasteiger partial charge >= 0.3 is 6.09 Å². The lowest BCUT2D eigenvalue weighted by Gasteiger charge is -2.30. The van der Waals surface area contributed by atoms with Gasteiger partial charge in [-0.25, -0.2) is 18.2 Å². The van der Waals surface area contributed by atoms with Crippen molar-refractivity contribution >= 4 is 67.2 Å². The Hall–Kier alpha value is -5.16. The summed E-state index contributed by atoms with van der Waals surface area (Å²) >= 11 is 1.51. The lowest BCUT2D eigenvalue weighted by molar-refractivity contribution is -0.141. The first kappa shape index (κ1) is 40.3. The average Bonchev–Trinajstić information content (AvgIpc) is 3.84. The molecule has 9 rings (SSSR count). The van der Waals surface area contributed by atoms with E-state index < -0.39 is 68.7 Å². The molecule has 15 nitrogen and oxygen atoms in total. The van der Waals surface area contributed by atoms with Crippen LogP contribution in [0.5, 0.6) is 11.5 Å². The van der Waals surface area contributed by atoms with Crippen molar-refractivity contribution in [2.24, 2.45) is 5.92 Å². The Labute approximate surface area is 351 Å². The van der Waals surface area contributed by atoms with Gasteiger partial charge in [0.25, 0.3) is 5.91 Å². The number of carbonyl (C=O) groups is 4. The lowest BCUT2D eigenvalue weighted by Crippen LogP contribution is -2.58. The zero-order valence-electron chi connectivity index (χ0n) is 33.4. The molecule has 5 atom stereocenters. The highest BCUT2D eigenvalue weighted by molar-refractivity contribution is 7.91. The Morgan fingerprint density at radius 2 is 1.83 bits per heavy atom. The van der Waals surface area contributed by atoms with Crippen LogP contribution in [0.1, 0.15) is 83.5 Å². The van der Waals surface area contributed by atoms with Crippen LogP contribution in [0.3, 0.4) is 0 Å². The molecule has 4 amide bonds. The number of aromatic nitrogens is 1. The van der Waals surface area contributed by atoms with Crippen molar-refractivity contribution in [2.75, 3.05) is 13.7 Å². The third kappa shape index (κ3) is 8.17. The molecule has 4 aromatic rings. The fraction of sp³-hybridized carbons (Fsp3) is 0.512. The molecule has 3 aliphatic carbocycles. The number of nitrogens with zero attached hydrogens (tertiary/aromatic N) is 2. The maximum Gasteiger partial charge on any atom is 0.408 e. The van der Waals surface area contributed by atoms with Crippen LogP contribution in [-0.4, -0.2) is 90.9 Å². The lowest BCUT2D eigenvalue weighted by atomic mass is 10.0. The number of benzene rings is 1. The molecule has 0 spiro atoms. The summed E-state index contributed by atoms with van der Waals surface area (Å²) in [6.07, 6.45) is 10.0. The number of pyridine rings is 1. The van der Waals surface area contributed by atoms with Crippen molar-refractivity contribution in [3.63, 3.8) is 0 Å². The fourth-order valence-electron chi connectivity index (χ4n) is 8.81. The predicted molar refractivity (Wildman–Crippen MR) is 223 cm³/mol. The molecular formula is C43H49N5O10S2. The van der Waals surface area contributed by atoms with E-state index in [9.17, 15) is 27.6 Å². The van der Waals surface area contributed by atoms with Crippen LogP contribution in [0.25, 0.3) is 32.6 Å². The average molecular weight is 860 g/mol. The maximum absolute atomic E-state index is 14.8. The van der Waals surface area contributed by atoms with Gasteiger partial charge < -0.3 is 34.2 Å². The molecule has 0 bridgehead atoms. The Bertz CT molecular complexity index is 2440. The van der Waals surface area contributed by atoms with Gasteiger partial charge in [-0.3, -0.25) is 19.1 Å². The number of carbonyl (C=O) groups excluding carboxylic acids is 4. The zero-order chi connectivity index (χ0) is 41.6. The summed E-state index contributed by atoms with van der Waals surface area (Å²) in [7, 11) is -2.33. The van der Waals surface area contributed by atoms with Gasteiger partial charge in [-0.2, -0.15) is 0 Å². The van der Waals surface area contributed by atoms with E-state index in [-0.39, 0.29) is 25.5 Å². The summed E-state index contributed by atoms with van der Waals surface area (Å²) < 4.78 is 52.4.